The molecule has 2 atom stereocenters. The van der Waals surface area contributed by atoms with E-state index in [-0.39, 0.29) is 12.1 Å². The van der Waals surface area contributed by atoms with Gasteiger partial charge in [-0.15, -0.1) is 0 Å². The molecule has 0 aromatic carbocycles. The van der Waals surface area contributed by atoms with Gasteiger partial charge < -0.3 is 10.8 Å². The molecule has 1 aliphatic heterocycles. The summed E-state index contributed by atoms with van der Waals surface area (Å²) < 4.78 is 0. The number of aliphatic hydroxyl groups is 1. The third-order valence-electron chi connectivity index (χ3n) is 2.22. The Morgan fingerprint density at radius 1 is 1.45 bits per heavy atom. The van der Waals surface area contributed by atoms with E-state index in [1.165, 1.54) is 0 Å². The van der Waals surface area contributed by atoms with E-state index in [9.17, 15) is 5.11 Å². The van der Waals surface area contributed by atoms with Crippen LogP contribution in [-0.4, -0.2) is 41.3 Å². The monoisotopic (exact) mass is 158 g/mol. The summed E-state index contributed by atoms with van der Waals surface area (Å²) in [6.45, 7) is 5.97. The van der Waals surface area contributed by atoms with Crippen molar-refractivity contribution in [3.8, 4) is 0 Å². The molecule has 0 bridgehead atoms. The predicted molar refractivity (Wildman–Crippen MR) is 45.3 cm³/mol. The van der Waals surface area contributed by atoms with Crippen LogP contribution in [0, 0.1) is 0 Å². The standard InChI is InChI=1S/C8H18N2O/c1-6(2)10-4-7(9)3-8(11)5-10/h6-8,11H,3-5,9H2,1-2H3/t7-,8?/m0/s1. The number of hydrogen-bond donors (Lipinski definition) is 2. The number of nitrogens with two attached hydrogens (primary N) is 1. The maximum Gasteiger partial charge on any atom is 0.0682 e. The fourth-order valence-corrected chi connectivity index (χ4v) is 1.57. The van der Waals surface area contributed by atoms with Crippen molar-refractivity contribution in [1.82, 2.24) is 4.90 Å². The van der Waals surface area contributed by atoms with Crippen LogP contribution >= 0.6 is 0 Å². The molecule has 0 amide bonds. The molecule has 1 saturated heterocycles. The number of hydrogen-bond acceptors (Lipinski definition) is 3. The SMILES string of the molecule is CC(C)N1CC(O)C[C@H](N)C1. The van der Waals surface area contributed by atoms with Gasteiger partial charge in [0.2, 0.25) is 0 Å². The molecular weight excluding hydrogens is 140 g/mol. The van der Waals surface area contributed by atoms with Crippen molar-refractivity contribution in [2.24, 2.45) is 5.73 Å². The van der Waals surface area contributed by atoms with Crippen molar-refractivity contribution >= 4 is 0 Å². The van der Waals surface area contributed by atoms with E-state index in [2.05, 4.69) is 18.7 Å². The van der Waals surface area contributed by atoms with E-state index in [0.717, 1.165) is 19.5 Å². The van der Waals surface area contributed by atoms with E-state index >= 15 is 0 Å². The summed E-state index contributed by atoms with van der Waals surface area (Å²) in [6.07, 6.45) is 0.532. The summed E-state index contributed by atoms with van der Waals surface area (Å²) in [5.74, 6) is 0. The van der Waals surface area contributed by atoms with Gasteiger partial charge in [-0.2, -0.15) is 0 Å². The first-order valence-electron chi connectivity index (χ1n) is 4.27. The lowest BCUT2D eigenvalue weighted by Crippen LogP contribution is -2.51. The highest BCUT2D eigenvalue weighted by Crippen LogP contribution is 2.11. The van der Waals surface area contributed by atoms with E-state index < -0.39 is 0 Å². The molecule has 1 fully saturated rings. The van der Waals surface area contributed by atoms with Crippen LogP contribution in [0.15, 0.2) is 0 Å². The third kappa shape index (κ3) is 2.43. The van der Waals surface area contributed by atoms with Crippen LogP contribution < -0.4 is 5.73 Å². The van der Waals surface area contributed by atoms with E-state index in [0.29, 0.717) is 6.04 Å². The smallest absolute Gasteiger partial charge is 0.0682 e. The maximum absolute atomic E-state index is 9.38. The van der Waals surface area contributed by atoms with Crippen LogP contribution in [0.2, 0.25) is 0 Å². The highest BCUT2D eigenvalue weighted by atomic mass is 16.3. The molecule has 0 radical (unpaired) electrons. The Balaban J connectivity index is 2.43. The van der Waals surface area contributed by atoms with Crippen LogP contribution in [0.25, 0.3) is 0 Å². The van der Waals surface area contributed by atoms with Gasteiger partial charge in [0.15, 0.2) is 0 Å². The van der Waals surface area contributed by atoms with Gasteiger partial charge >= 0.3 is 0 Å². The molecule has 66 valence electrons. The molecular formula is C8H18N2O. The summed E-state index contributed by atoms with van der Waals surface area (Å²) in [7, 11) is 0. The third-order valence-corrected chi connectivity index (χ3v) is 2.22. The molecule has 1 aliphatic rings. The molecule has 0 aliphatic carbocycles. The lowest BCUT2D eigenvalue weighted by Gasteiger charge is -2.36. The fourth-order valence-electron chi connectivity index (χ4n) is 1.57. The molecule has 3 nitrogen and oxygen atoms in total. The highest BCUT2D eigenvalue weighted by molar-refractivity contribution is 4.82. The summed E-state index contributed by atoms with van der Waals surface area (Å²) in [6, 6.07) is 0.650. The second kappa shape index (κ2) is 3.52. The minimum atomic E-state index is -0.221. The topological polar surface area (TPSA) is 49.5 Å². The van der Waals surface area contributed by atoms with Crippen LogP contribution in [0.1, 0.15) is 20.3 Å². The van der Waals surface area contributed by atoms with Gasteiger partial charge in [0.25, 0.3) is 0 Å². The number of piperidine rings is 1. The van der Waals surface area contributed by atoms with Gasteiger partial charge in [-0.25, -0.2) is 0 Å². The Kier molecular flexibility index (Phi) is 2.87. The summed E-state index contributed by atoms with van der Waals surface area (Å²) in [5.41, 5.74) is 5.75. The second-order valence-electron chi connectivity index (χ2n) is 3.70. The molecule has 1 unspecified atom stereocenters. The average Bonchev–Trinajstić information content (AvgIpc) is 1.85. The zero-order valence-electron chi connectivity index (χ0n) is 7.33. The summed E-state index contributed by atoms with van der Waals surface area (Å²) in [4.78, 5) is 2.22. The highest BCUT2D eigenvalue weighted by Gasteiger charge is 2.24. The van der Waals surface area contributed by atoms with Crippen molar-refractivity contribution in [3.63, 3.8) is 0 Å². The Bertz CT molecular complexity index is 117. The molecule has 11 heavy (non-hydrogen) atoms. The Morgan fingerprint density at radius 3 is 2.55 bits per heavy atom. The van der Waals surface area contributed by atoms with Gasteiger partial charge in [-0.05, 0) is 20.3 Å². The van der Waals surface area contributed by atoms with Crippen molar-refractivity contribution in [3.05, 3.63) is 0 Å². The van der Waals surface area contributed by atoms with Gasteiger partial charge in [0, 0.05) is 25.2 Å². The molecule has 1 rings (SSSR count). The van der Waals surface area contributed by atoms with Gasteiger partial charge in [-0.1, -0.05) is 0 Å². The number of rotatable bonds is 1. The average molecular weight is 158 g/mol. The predicted octanol–water partition coefficient (Wildman–Crippen LogP) is -0.211. The zero-order chi connectivity index (χ0) is 8.43. The zero-order valence-corrected chi connectivity index (χ0v) is 7.33. The summed E-state index contributed by atoms with van der Waals surface area (Å²) >= 11 is 0. The first-order valence-corrected chi connectivity index (χ1v) is 4.27. The maximum atomic E-state index is 9.38. The van der Waals surface area contributed by atoms with E-state index in [1.54, 1.807) is 0 Å². The minimum Gasteiger partial charge on any atom is -0.392 e. The fraction of sp³-hybridized carbons (Fsp3) is 1.00. The molecule has 0 spiro atoms. The molecule has 1 heterocycles. The lowest BCUT2D eigenvalue weighted by molar-refractivity contribution is 0.0447. The molecule has 0 aromatic heterocycles. The molecule has 0 saturated carbocycles. The molecule has 0 aromatic rings. The van der Waals surface area contributed by atoms with E-state index in [1.807, 2.05) is 0 Å². The van der Waals surface area contributed by atoms with Gasteiger partial charge in [0.1, 0.15) is 0 Å². The normalized spacial score (nSPS) is 34.6. The number of β-amino-alcohol motifs (C(OH)–C–C–N with tert-alkyl or cyclic N) is 1. The quantitative estimate of drug-likeness (QED) is 0.555. The van der Waals surface area contributed by atoms with Crippen LogP contribution in [0.4, 0.5) is 0 Å². The van der Waals surface area contributed by atoms with Crippen LogP contribution in [-0.2, 0) is 0 Å². The van der Waals surface area contributed by atoms with Gasteiger partial charge in [0.05, 0.1) is 6.10 Å². The van der Waals surface area contributed by atoms with Crippen molar-refractivity contribution in [2.45, 2.75) is 38.5 Å². The molecule has 3 N–H and O–H groups in total. The first-order chi connectivity index (χ1) is 5.09. The molecule has 3 heteroatoms. The van der Waals surface area contributed by atoms with Crippen LogP contribution in [0.3, 0.4) is 0 Å². The number of likely N-dealkylation sites (tertiary alicyclic amines) is 1. The largest absolute Gasteiger partial charge is 0.392 e. The van der Waals surface area contributed by atoms with Crippen LogP contribution in [0.5, 0.6) is 0 Å². The van der Waals surface area contributed by atoms with Gasteiger partial charge in [-0.3, -0.25) is 4.90 Å². The van der Waals surface area contributed by atoms with E-state index in [4.69, 9.17) is 5.73 Å². The Morgan fingerprint density at radius 2 is 2.09 bits per heavy atom. The first kappa shape index (κ1) is 8.97. The minimum absolute atomic E-state index is 0.154. The number of aliphatic hydroxyl groups excluding tert-OH is 1. The second-order valence-corrected chi connectivity index (χ2v) is 3.70. The van der Waals surface area contributed by atoms with Crippen molar-refractivity contribution in [2.75, 3.05) is 13.1 Å². The van der Waals surface area contributed by atoms with Crippen molar-refractivity contribution in [1.29, 1.82) is 0 Å². The number of nitrogens with zero attached hydrogens (tertiary/aromatic N) is 1. The lowest BCUT2D eigenvalue weighted by atomic mass is 10.0. The van der Waals surface area contributed by atoms with Crippen molar-refractivity contribution < 1.29 is 5.11 Å². The Labute approximate surface area is 68.2 Å². The Hall–Kier alpha value is -0.120. The summed E-state index contributed by atoms with van der Waals surface area (Å²) in [5, 5.41) is 9.38.